The number of hydrogen-bond donors (Lipinski definition) is 1. The molecule has 1 aromatic carbocycles. The van der Waals surface area contributed by atoms with E-state index in [-0.39, 0.29) is 18.4 Å². The average molecular weight is 217 g/mol. The van der Waals surface area contributed by atoms with Crippen LogP contribution >= 0.6 is 0 Å². The number of nitrogens with zero attached hydrogens (tertiary/aromatic N) is 2. The Morgan fingerprint density at radius 3 is 2.75 bits per heavy atom. The summed E-state index contributed by atoms with van der Waals surface area (Å²) in [5.74, 6) is -0.947. The number of anilines is 1. The lowest BCUT2D eigenvalue weighted by molar-refractivity contribution is -0.115. The quantitative estimate of drug-likeness (QED) is 0.837. The molecule has 0 atom stereocenters. The van der Waals surface area contributed by atoms with E-state index < -0.39 is 11.7 Å². The molecule has 0 bridgehead atoms. The SMILES string of the molecule is N#CCC(=O)Nc1ccc(F)c(CC#N)c1. The summed E-state index contributed by atoms with van der Waals surface area (Å²) < 4.78 is 13.1. The van der Waals surface area contributed by atoms with Crippen LogP contribution in [0.1, 0.15) is 12.0 Å². The number of halogens is 1. The molecule has 1 amide bonds. The molecule has 80 valence electrons. The first-order valence-corrected chi connectivity index (χ1v) is 4.49. The van der Waals surface area contributed by atoms with Crippen molar-refractivity contribution < 1.29 is 9.18 Å². The maximum atomic E-state index is 13.1. The number of carbonyl (C=O) groups is 1. The van der Waals surface area contributed by atoms with Gasteiger partial charge < -0.3 is 5.32 Å². The Kier molecular flexibility index (Phi) is 3.99. The van der Waals surface area contributed by atoms with Gasteiger partial charge in [0.25, 0.3) is 0 Å². The maximum Gasteiger partial charge on any atom is 0.238 e. The molecule has 1 aromatic rings. The zero-order chi connectivity index (χ0) is 12.0. The van der Waals surface area contributed by atoms with Crippen LogP contribution in [0, 0.1) is 28.5 Å². The van der Waals surface area contributed by atoms with E-state index in [9.17, 15) is 9.18 Å². The van der Waals surface area contributed by atoms with Crippen molar-refractivity contribution in [2.75, 3.05) is 5.32 Å². The largest absolute Gasteiger partial charge is 0.325 e. The van der Waals surface area contributed by atoms with Crippen LogP contribution in [-0.2, 0) is 11.2 Å². The third kappa shape index (κ3) is 3.07. The Bertz CT molecular complexity index is 485. The molecule has 5 heteroatoms. The summed E-state index contributed by atoms with van der Waals surface area (Å²) in [5.41, 5.74) is 0.601. The van der Waals surface area contributed by atoms with Gasteiger partial charge in [-0.25, -0.2) is 4.39 Å². The zero-order valence-electron chi connectivity index (χ0n) is 8.33. The highest BCUT2D eigenvalue weighted by atomic mass is 19.1. The molecule has 0 aromatic heterocycles. The summed E-state index contributed by atoms with van der Waals surface area (Å²) in [6, 6.07) is 7.46. The fourth-order valence-corrected chi connectivity index (χ4v) is 1.15. The lowest BCUT2D eigenvalue weighted by atomic mass is 10.1. The predicted octanol–water partition coefficient (Wildman–Crippen LogP) is 1.74. The summed E-state index contributed by atoms with van der Waals surface area (Å²) in [6.07, 6.45) is -0.321. The molecule has 0 saturated carbocycles. The van der Waals surface area contributed by atoms with Crippen LogP contribution < -0.4 is 5.32 Å². The van der Waals surface area contributed by atoms with E-state index in [1.165, 1.54) is 18.2 Å². The fourth-order valence-electron chi connectivity index (χ4n) is 1.15. The van der Waals surface area contributed by atoms with Gasteiger partial charge >= 0.3 is 0 Å². The molecule has 16 heavy (non-hydrogen) atoms. The molecule has 0 aliphatic rings. The van der Waals surface area contributed by atoms with Gasteiger partial charge in [-0.2, -0.15) is 10.5 Å². The maximum absolute atomic E-state index is 13.1. The minimum Gasteiger partial charge on any atom is -0.325 e. The molecule has 1 rings (SSSR count). The summed E-state index contributed by atoms with van der Waals surface area (Å²) in [5, 5.41) is 19.2. The van der Waals surface area contributed by atoms with Crippen LogP contribution in [0.5, 0.6) is 0 Å². The Morgan fingerprint density at radius 1 is 1.38 bits per heavy atom. The number of carbonyl (C=O) groups excluding carboxylic acids is 1. The van der Waals surface area contributed by atoms with Crippen LogP contribution in [0.4, 0.5) is 10.1 Å². The van der Waals surface area contributed by atoms with Gasteiger partial charge in [0.15, 0.2) is 0 Å². The molecule has 0 saturated heterocycles. The summed E-state index contributed by atoms with van der Waals surface area (Å²) in [7, 11) is 0. The molecule has 0 unspecified atom stereocenters. The molecule has 0 radical (unpaired) electrons. The van der Waals surface area contributed by atoms with E-state index in [1.807, 2.05) is 6.07 Å². The molecule has 0 heterocycles. The monoisotopic (exact) mass is 217 g/mol. The minimum absolute atomic E-state index is 0.0617. The van der Waals surface area contributed by atoms with Gasteiger partial charge in [0, 0.05) is 11.3 Å². The molecular weight excluding hydrogens is 209 g/mol. The summed E-state index contributed by atoms with van der Waals surface area (Å²) >= 11 is 0. The average Bonchev–Trinajstić information content (AvgIpc) is 2.24. The number of hydrogen-bond acceptors (Lipinski definition) is 3. The van der Waals surface area contributed by atoms with Crippen LogP contribution in [0.2, 0.25) is 0 Å². The smallest absolute Gasteiger partial charge is 0.238 e. The van der Waals surface area contributed by atoms with Crippen LogP contribution in [-0.4, -0.2) is 5.91 Å². The van der Waals surface area contributed by atoms with Crippen LogP contribution in [0.3, 0.4) is 0 Å². The van der Waals surface area contributed by atoms with Gasteiger partial charge in [-0.15, -0.1) is 0 Å². The second-order valence-electron chi connectivity index (χ2n) is 3.02. The molecule has 0 aliphatic carbocycles. The van der Waals surface area contributed by atoms with Gasteiger partial charge in [0.1, 0.15) is 12.2 Å². The standard InChI is InChI=1S/C11H8FN3O/c12-10-2-1-9(7-8(10)3-5-13)15-11(16)4-6-14/h1-2,7H,3-4H2,(H,15,16). The number of nitrogens with one attached hydrogen (secondary N) is 1. The Balaban J connectivity index is 2.84. The van der Waals surface area contributed by atoms with Crippen molar-refractivity contribution in [2.45, 2.75) is 12.8 Å². The van der Waals surface area contributed by atoms with Crippen molar-refractivity contribution in [2.24, 2.45) is 0 Å². The number of rotatable bonds is 3. The first-order chi connectivity index (χ1) is 7.67. The Labute approximate surface area is 91.9 Å². The first-order valence-electron chi connectivity index (χ1n) is 4.49. The van der Waals surface area contributed by atoms with Crippen molar-refractivity contribution >= 4 is 11.6 Å². The highest BCUT2D eigenvalue weighted by Gasteiger charge is 2.05. The minimum atomic E-state index is -0.486. The topological polar surface area (TPSA) is 76.7 Å². The number of amides is 1. The summed E-state index contributed by atoms with van der Waals surface area (Å²) in [4.78, 5) is 11.1. The van der Waals surface area contributed by atoms with E-state index in [1.54, 1.807) is 6.07 Å². The molecule has 0 aliphatic heterocycles. The van der Waals surface area contributed by atoms with Gasteiger partial charge in [-0.1, -0.05) is 0 Å². The Hall–Kier alpha value is -2.40. The van der Waals surface area contributed by atoms with Gasteiger partial charge in [0.05, 0.1) is 18.6 Å². The van der Waals surface area contributed by atoms with Crippen molar-refractivity contribution in [3.05, 3.63) is 29.6 Å². The molecule has 4 nitrogen and oxygen atoms in total. The third-order valence-corrected chi connectivity index (χ3v) is 1.84. The predicted molar refractivity (Wildman–Crippen MR) is 54.6 cm³/mol. The van der Waals surface area contributed by atoms with E-state index in [2.05, 4.69) is 5.32 Å². The Morgan fingerprint density at radius 2 is 2.12 bits per heavy atom. The van der Waals surface area contributed by atoms with E-state index >= 15 is 0 Å². The van der Waals surface area contributed by atoms with E-state index in [0.29, 0.717) is 5.69 Å². The fraction of sp³-hybridized carbons (Fsp3) is 0.182. The third-order valence-electron chi connectivity index (χ3n) is 1.84. The van der Waals surface area contributed by atoms with Crippen LogP contribution in [0.25, 0.3) is 0 Å². The normalized spacial score (nSPS) is 8.94. The van der Waals surface area contributed by atoms with Crippen molar-refractivity contribution in [3.8, 4) is 12.1 Å². The summed E-state index contributed by atoms with van der Waals surface area (Å²) in [6.45, 7) is 0. The molecule has 1 N–H and O–H groups in total. The highest BCUT2D eigenvalue weighted by molar-refractivity contribution is 5.92. The molecule has 0 spiro atoms. The second-order valence-corrected chi connectivity index (χ2v) is 3.02. The number of benzene rings is 1. The second kappa shape index (κ2) is 5.47. The lowest BCUT2D eigenvalue weighted by Crippen LogP contribution is -2.10. The lowest BCUT2D eigenvalue weighted by Gasteiger charge is -2.05. The van der Waals surface area contributed by atoms with Crippen molar-refractivity contribution in [3.63, 3.8) is 0 Å². The van der Waals surface area contributed by atoms with Gasteiger partial charge in [0.2, 0.25) is 5.91 Å². The first kappa shape index (κ1) is 11.7. The van der Waals surface area contributed by atoms with Gasteiger partial charge in [-0.3, -0.25) is 4.79 Å². The van der Waals surface area contributed by atoms with E-state index in [0.717, 1.165) is 0 Å². The van der Waals surface area contributed by atoms with Crippen LogP contribution in [0.15, 0.2) is 18.2 Å². The van der Waals surface area contributed by atoms with Gasteiger partial charge in [-0.05, 0) is 18.2 Å². The number of nitriles is 2. The molecular formula is C11H8FN3O. The van der Waals surface area contributed by atoms with E-state index in [4.69, 9.17) is 10.5 Å². The van der Waals surface area contributed by atoms with Crippen molar-refractivity contribution in [1.29, 1.82) is 10.5 Å². The zero-order valence-corrected chi connectivity index (χ0v) is 8.33. The van der Waals surface area contributed by atoms with Crippen molar-refractivity contribution in [1.82, 2.24) is 0 Å². The molecule has 0 fully saturated rings. The highest BCUT2D eigenvalue weighted by Crippen LogP contribution is 2.15.